The van der Waals surface area contributed by atoms with Gasteiger partial charge in [-0.2, -0.15) is 4.39 Å². The molecule has 1 nitrogen and oxygen atoms in total. The van der Waals surface area contributed by atoms with Crippen molar-refractivity contribution in [1.82, 2.24) is 0 Å². The minimum Gasteiger partial charge on any atom is -0.486 e. The second kappa shape index (κ2) is 4.74. The third-order valence-corrected chi connectivity index (χ3v) is 1.81. The molecule has 0 heterocycles. The molecule has 76 valence electrons. The van der Waals surface area contributed by atoms with Gasteiger partial charge in [-0.3, -0.25) is 0 Å². The van der Waals surface area contributed by atoms with Gasteiger partial charge >= 0.3 is 0 Å². The molecule has 0 bridgehead atoms. The van der Waals surface area contributed by atoms with E-state index >= 15 is 0 Å². The zero-order valence-corrected chi connectivity index (χ0v) is 8.18. The summed E-state index contributed by atoms with van der Waals surface area (Å²) in [5, 5.41) is 0. The molecule has 0 amide bonds. The SMILES string of the molecule is C/C=C\COc1ccc(C)c(F)c1F. The number of hydrogen-bond acceptors (Lipinski definition) is 1. The van der Waals surface area contributed by atoms with Crippen molar-refractivity contribution in [3.05, 3.63) is 41.5 Å². The summed E-state index contributed by atoms with van der Waals surface area (Å²) in [6.45, 7) is 3.58. The minimum absolute atomic E-state index is 0.0498. The molecule has 0 aliphatic rings. The van der Waals surface area contributed by atoms with Gasteiger partial charge in [0.05, 0.1) is 0 Å². The Bertz CT molecular complexity index is 345. The molecular weight excluding hydrogens is 186 g/mol. The lowest BCUT2D eigenvalue weighted by Crippen LogP contribution is -1.99. The van der Waals surface area contributed by atoms with Crippen molar-refractivity contribution in [3.63, 3.8) is 0 Å². The highest BCUT2D eigenvalue weighted by atomic mass is 19.2. The van der Waals surface area contributed by atoms with E-state index in [1.165, 1.54) is 19.1 Å². The number of aryl methyl sites for hydroxylation is 1. The first-order valence-corrected chi connectivity index (χ1v) is 4.35. The molecule has 0 N–H and O–H groups in total. The second-order valence-electron chi connectivity index (χ2n) is 2.89. The van der Waals surface area contributed by atoms with Gasteiger partial charge in [-0.25, -0.2) is 4.39 Å². The van der Waals surface area contributed by atoms with Crippen molar-refractivity contribution >= 4 is 0 Å². The maximum atomic E-state index is 13.2. The lowest BCUT2D eigenvalue weighted by atomic mass is 10.2. The van der Waals surface area contributed by atoms with Crippen molar-refractivity contribution in [2.24, 2.45) is 0 Å². The van der Waals surface area contributed by atoms with Crippen molar-refractivity contribution < 1.29 is 13.5 Å². The van der Waals surface area contributed by atoms with E-state index in [1.807, 2.05) is 6.92 Å². The van der Waals surface area contributed by atoms with E-state index in [9.17, 15) is 8.78 Å². The molecule has 0 aliphatic heterocycles. The number of ether oxygens (including phenoxy) is 1. The maximum absolute atomic E-state index is 13.2. The van der Waals surface area contributed by atoms with Crippen LogP contribution in [0.4, 0.5) is 8.78 Å². The topological polar surface area (TPSA) is 9.23 Å². The van der Waals surface area contributed by atoms with Crippen LogP contribution in [0.1, 0.15) is 12.5 Å². The Kier molecular flexibility index (Phi) is 3.63. The first kappa shape index (κ1) is 10.7. The number of benzene rings is 1. The van der Waals surface area contributed by atoms with Crippen molar-refractivity contribution in [2.75, 3.05) is 6.61 Å². The van der Waals surface area contributed by atoms with Crippen LogP contribution in [-0.2, 0) is 0 Å². The largest absolute Gasteiger partial charge is 0.486 e. The van der Waals surface area contributed by atoms with E-state index in [0.29, 0.717) is 0 Å². The molecule has 0 radical (unpaired) electrons. The van der Waals surface area contributed by atoms with E-state index in [1.54, 1.807) is 12.2 Å². The van der Waals surface area contributed by atoms with Gasteiger partial charge in [0.15, 0.2) is 11.6 Å². The highest BCUT2D eigenvalue weighted by molar-refractivity contribution is 5.30. The van der Waals surface area contributed by atoms with Crippen LogP contribution < -0.4 is 4.74 Å². The monoisotopic (exact) mass is 198 g/mol. The van der Waals surface area contributed by atoms with E-state index in [-0.39, 0.29) is 17.9 Å². The van der Waals surface area contributed by atoms with Crippen LogP contribution in [-0.4, -0.2) is 6.61 Å². The molecule has 0 unspecified atom stereocenters. The summed E-state index contributed by atoms with van der Waals surface area (Å²) in [6, 6.07) is 2.92. The zero-order chi connectivity index (χ0) is 10.6. The molecule has 0 fully saturated rings. The summed E-state index contributed by atoms with van der Waals surface area (Å²) >= 11 is 0. The molecule has 14 heavy (non-hydrogen) atoms. The molecular formula is C11H12F2O. The molecule has 3 heteroatoms. The molecule has 1 aromatic rings. The molecule has 0 spiro atoms. The fraction of sp³-hybridized carbons (Fsp3) is 0.273. The van der Waals surface area contributed by atoms with Gasteiger partial charge in [-0.1, -0.05) is 18.2 Å². The Morgan fingerprint density at radius 3 is 2.64 bits per heavy atom. The fourth-order valence-corrected chi connectivity index (χ4v) is 0.974. The molecule has 0 saturated carbocycles. The predicted octanol–water partition coefficient (Wildman–Crippen LogP) is 3.23. The summed E-state index contributed by atoms with van der Waals surface area (Å²) < 4.78 is 31.2. The lowest BCUT2D eigenvalue weighted by Gasteiger charge is -2.06. The molecule has 0 aliphatic carbocycles. The third-order valence-electron chi connectivity index (χ3n) is 1.81. The van der Waals surface area contributed by atoms with E-state index in [0.717, 1.165) is 0 Å². The highest BCUT2D eigenvalue weighted by Gasteiger charge is 2.10. The third kappa shape index (κ3) is 2.31. The molecule has 0 atom stereocenters. The lowest BCUT2D eigenvalue weighted by molar-refractivity contribution is 0.331. The maximum Gasteiger partial charge on any atom is 0.200 e. The number of rotatable bonds is 3. The Morgan fingerprint density at radius 1 is 1.29 bits per heavy atom. The minimum atomic E-state index is -0.922. The fourth-order valence-electron chi connectivity index (χ4n) is 0.974. The van der Waals surface area contributed by atoms with Gasteiger partial charge in [0.2, 0.25) is 5.82 Å². The van der Waals surface area contributed by atoms with Crippen LogP contribution in [0.25, 0.3) is 0 Å². The van der Waals surface area contributed by atoms with Crippen LogP contribution in [0.2, 0.25) is 0 Å². The quantitative estimate of drug-likeness (QED) is 0.677. The van der Waals surface area contributed by atoms with E-state index < -0.39 is 11.6 Å². The van der Waals surface area contributed by atoms with Crippen molar-refractivity contribution in [2.45, 2.75) is 13.8 Å². The van der Waals surface area contributed by atoms with Crippen molar-refractivity contribution in [3.8, 4) is 5.75 Å². The first-order valence-electron chi connectivity index (χ1n) is 4.35. The molecule has 0 saturated heterocycles. The van der Waals surface area contributed by atoms with Crippen LogP contribution in [0.5, 0.6) is 5.75 Å². The molecule has 0 aromatic heterocycles. The van der Waals surface area contributed by atoms with Crippen LogP contribution in [0, 0.1) is 18.6 Å². The van der Waals surface area contributed by atoms with Crippen LogP contribution in [0.15, 0.2) is 24.3 Å². The second-order valence-corrected chi connectivity index (χ2v) is 2.89. The van der Waals surface area contributed by atoms with Crippen molar-refractivity contribution in [1.29, 1.82) is 0 Å². The van der Waals surface area contributed by atoms with E-state index in [4.69, 9.17) is 4.74 Å². The molecule has 1 rings (SSSR count). The van der Waals surface area contributed by atoms with Gasteiger partial charge in [-0.05, 0) is 25.5 Å². The Labute approximate surface area is 82.0 Å². The summed E-state index contributed by atoms with van der Waals surface area (Å²) in [5.74, 6) is -1.82. The van der Waals surface area contributed by atoms with Gasteiger partial charge in [0, 0.05) is 0 Å². The average molecular weight is 198 g/mol. The van der Waals surface area contributed by atoms with Gasteiger partial charge in [0.25, 0.3) is 0 Å². The van der Waals surface area contributed by atoms with Gasteiger partial charge in [0.1, 0.15) is 6.61 Å². The summed E-state index contributed by atoms with van der Waals surface area (Å²) in [7, 11) is 0. The van der Waals surface area contributed by atoms with Gasteiger partial charge < -0.3 is 4.74 Å². The van der Waals surface area contributed by atoms with E-state index in [2.05, 4.69) is 0 Å². The average Bonchev–Trinajstić information content (AvgIpc) is 2.18. The standard InChI is InChI=1S/C11H12F2O/c1-3-4-7-14-9-6-5-8(2)10(12)11(9)13/h3-6H,7H2,1-2H3/b4-3-. The Hall–Kier alpha value is -1.38. The van der Waals surface area contributed by atoms with Gasteiger partial charge in [-0.15, -0.1) is 0 Å². The number of halogens is 2. The molecule has 1 aromatic carbocycles. The zero-order valence-electron chi connectivity index (χ0n) is 8.18. The highest BCUT2D eigenvalue weighted by Crippen LogP contribution is 2.21. The summed E-state index contributed by atoms with van der Waals surface area (Å²) in [4.78, 5) is 0. The number of allylic oxidation sites excluding steroid dienone is 1. The smallest absolute Gasteiger partial charge is 0.200 e. The van der Waals surface area contributed by atoms with Crippen LogP contribution >= 0.6 is 0 Å². The first-order chi connectivity index (χ1) is 6.66. The normalized spacial score (nSPS) is 10.9. The summed E-state index contributed by atoms with van der Waals surface area (Å²) in [5.41, 5.74) is 0.279. The Balaban J connectivity index is 2.83. The van der Waals surface area contributed by atoms with Crippen LogP contribution in [0.3, 0.4) is 0 Å². The number of hydrogen-bond donors (Lipinski definition) is 0. The Morgan fingerprint density at radius 2 is 2.00 bits per heavy atom. The predicted molar refractivity (Wildman–Crippen MR) is 51.4 cm³/mol. The summed E-state index contributed by atoms with van der Waals surface area (Å²) in [6.07, 6.45) is 3.50.